The zero-order valence-electron chi connectivity index (χ0n) is 13.9. The molecular weight excluding hydrogens is 326 g/mol. The molecule has 0 aliphatic rings. The van der Waals surface area contributed by atoms with E-state index in [1.165, 1.54) is 0 Å². The summed E-state index contributed by atoms with van der Waals surface area (Å²) in [5, 5.41) is 3.65. The van der Waals surface area contributed by atoms with Crippen molar-refractivity contribution in [3.8, 4) is 11.5 Å². The lowest BCUT2D eigenvalue weighted by molar-refractivity contribution is -0.127. The van der Waals surface area contributed by atoms with Crippen molar-refractivity contribution in [1.29, 1.82) is 0 Å². The van der Waals surface area contributed by atoms with E-state index in [-0.39, 0.29) is 5.91 Å². The molecule has 1 atom stereocenters. The number of nitrogens with one attached hydrogen (secondary N) is 1. The average Bonchev–Trinajstić information content (AvgIpc) is 2.60. The van der Waals surface area contributed by atoms with Gasteiger partial charge in [0, 0.05) is 11.6 Å². The van der Waals surface area contributed by atoms with Gasteiger partial charge in [-0.1, -0.05) is 29.8 Å². The molecule has 1 amide bonds. The Hall–Kier alpha value is -2.20. The van der Waals surface area contributed by atoms with Crippen LogP contribution in [0.1, 0.15) is 18.9 Å². The lowest BCUT2D eigenvalue weighted by Crippen LogP contribution is -2.36. The lowest BCUT2D eigenvalue weighted by atomic mass is 10.1. The van der Waals surface area contributed by atoms with Gasteiger partial charge < -0.3 is 14.8 Å². The predicted molar refractivity (Wildman–Crippen MR) is 95.9 cm³/mol. The van der Waals surface area contributed by atoms with Gasteiger partial charge in [-0.15, -0.1) is 0 Å². The average molecular weight is 348 g/mol. The number of benzene rings is 2. The summed E-state index contributed by atoms with van der Waals surface area (Å²) in [7, 11) is 1.61. The van der Waals surface area contributed by atoms with Crippen molar-refractivity contribution in [2.75, 3.05) is 13.7 Å². The van der Waals surface area contributed by atoms with Crippen molar-refractivity contribution in [1.82, 2.24) is 5.32 Å². The van der Waals surface area contributed by atoms with Gasteiger partial charge in [-0.05, 0) is 55.7 Å². The van der Waals surface area contributed by atoms with Crippen LogP contribution < -0.4 is 14.8 Å². The molecule has 1 N–H and O–H groups in total. The third-order valence-electron chi connectivity index (χ3n) is 3.62. The minimum atomic E-state index is -0.557. The van der Waals surface area contributed by atoms with Gasteiger partial charge in [0.2, 0.25) is 0 Å². The van der Waals surface area contributed by atoms with Gasteiger partial charge in [-0.25, -0.2) is 0 Å². The highest BCUT2D eigenvalue weighted by molar-refractivity contribution is 6.31. The molecule has 0 heterocycles. The summed E-state index contributed by atoms with van der Waals surface area (Å²) in [5.74, 6) is 1.25. The zero-order chi connectivity index (χ0) is 17.4. The highest BCUT2D eigenvalue weighted by Gasteiger charge is 2.14. The molecule has 2 rings (SSSR count). The van der Waals surface area contributed by atoms with Crippen molar-refractivity contribution in [2.24, 2.45) is 0 Å². The second kappa shape index (κ2) is 9.18. The number of ether oxygens (including phenoxy) is 2. The van der Waals surface area contributed by atoms with Crippen LogP contribution in [0.4, 0.5) is 0 Å². The van der Waals surface area contributed by atoms with Crippen LogP contribution in [0, 0.1) is 0 Å². The normalized spacial score (nSPS) is 11.6. The first kappa shape index (κ1) is 18.1. The molecule has 2 aromatic carbocycles. The Morgan fingerprint density at radius 1 is 1.12 bits per heavy atom. The Morgan fingerprint density at radius 3 is 2.46 bits per heavy atom. The Bertz CT molecular complexity index is 658. The number of methoxy groups -OCH3 is 1. The summed E-state index contributed by atoms with van der Waals surface area (Å²) >= 11 is 6.11. The van der Waals surface area contributed by atoms with Crippen LogP contribution in [0.25, 0.3) is 0 Å². The molecule has 0 aliphatic carbocycles. The van der Waals surface area contributed by atoms with Crippen LogP contribution in [0.15, 0.2) is 48.5 Å². The molecule has 128 valence electrons. The quantitative estimate of drug-likeness (QED) is 0.737. The summed E-state index contributed by atoms with van der Waals surface area (Å²) < 4.78 is 10.7. The minimum absolute atomic E-state index is 0.134. The zero-order valence-corrected chi connectivity index (χ0v) is 14.7. The molecule has 0 radical (unpaired) electrons. The number of carbonyl (C=O) groups excluding carboxylic acids is 1. The number of hydrogen-bond acceptors (Lipinski definition) is 3. The van der Waals surface area contributed by atoms with Crippen molar-refractivity contribution in [3.05, 3.63) is 59.1 Å². The summed E-state index contributed by atoms with van der Waals surface area (Å²) in [4.78, 5) is 12.1. The van der Waals surface area contributed by atoms with Crippen LogP contribution in [-0.2, 0) is 11.2 Å². The Labute approximate surface area is 147 Å². The SMILES string of the molecule is COc1ccc(OC(C)C(=O)NCCCc2ccccc2Cl)cc1. The molecule has 0 saturated heterocycles. The Kier molecular flexibility index (Phi) is 6.94. The fraction of sp³-hybridized carbons (Fsp3) is 0.316. The second-order valence-electron chi connectivity index (χ2n) is 5.42. The molecule has 1 unspecified atom stereocenters. The molecule has 24 heavy (non-hydrogen) atoms. The number of amides is 1. The second-order valence-corrected chi connectivity index (χ2v) is 5.83. The van der Waals surface area contributed by atoms with Crippen LogP contribution in [0.2, 0.25) is 5.02 Å². The maximum absolute atomic E-state index is 12.1. The number of aryl methyl sites for hydroxylation is 1. The number of carbonyl (C=O) groups is 1. The van der Waals surface area contributed by atoms with Gasteiger partial charge in [-0.2, -0.15) is 0 Å². The van der Waals surface area contributed by atoms with Crippen molar-refractivity contribution in [2.45, 2.75) is 25.9 Å². The van der Waals surface area contributed by atoms with E-state index >= 15 is 0 Å². The van der Waals surface area contributed by atoms with E-state index in [0.717, 1.165) is 29.2 Å². The van der Waals surface area contributed by atoms with E-state index < -0.39 is 6.10 Å². The van der Waals surface area contributed by atoms with Crippen LogP contribution >= 0.6 is 11.6 Å². The summed E-state index contributed by atoms with van der Waals surface area (Å²) in [5.41, 5.74) is 1.09. The molecule has 5 heteroatoms. The first-order chi connectivity index (χ1) is 11.6. The van der Waals surface area contributed by atoms with Gasteiger partial charge in [0.05, 0.1) is 7.11 Å². The third-order valence-corrected chi connectivity index (χ3v) is 3.99. The first-order valence-electron chi connectivity index (χ1n) is 7.92. The van der Waals surface area contributed by atoms with Crippen molar-refractivity contribution >= 4 is 17.5 Å². The molecule has 0 aromatic heterocycles. The Balaban J connectivity index is 1.72. The van der Waals surface area contributed by atoms with Gasteiger partial charge in [0.1, 0.15) is 11.5 Å². The topological polar surface area (TPSA) is 47.6 Å². The maximum atomic E-state index is 12.1. The third kappa shape index (κ3) is 5.46. The summed E-state index contributed by atoms with van der Waals surface area (Å²) in [6.07, 6.45) is 1.09. The van der Waals surface area contributed by atoms with E-state index in [1.807, 2.05) is 24.3 Å². The van der Waals surface area contributed by atoms with Gasteiger partial charge in [0.25, 0.3) is 5.91 Å². The number of halogens is 1. The first-order valence-corrected chi connectivity index (χ1v) is 8.30. The fourth-order valence-corrected chi connectivity index (χ4v) is 2.48. The standard InChI is InChI=1S/C19H22ClNO3/c1-14(24-17-11-9-16(23-2)10-12-17)19(22)21-13-5-7-15-6-3-4-8-18(15)20/h3-4,6,8-12,14H,5,7,13H2,1-2H3,(H,21,22). The minimum Gasteiger partial charge on any atom is -0.497 e. The summed E-state index contributed by atoms with van der Waals surface area (Å²) in [6.45, 7) is 2.31. The van der Waals surface area contributed by atoms with Gasteiger partial charge >= 0.3 is 0 Å². The number of hydrogen-bond donors (Lipinski definition) is 1. The van der Waals surface area contributed by atoms with E-state index in [1.54, 1.807) is 38.3 Å². The Morgan fingerprint density at radius 2 is 1.79 bits per heavy atom. The summed E-state index contributed by atoms with van der Waals surface area (Å²) in [6, 6.07) is 14.9. The predicted octanol–water partition coefficient (Wildman–Crippen LogP) is 3.86. The van der Waals surface area contributed by atoms with E-state index in [0.29, 0.717) is 12.3 Å². The van der Waals surface area contributed by atoms with Crippen LogP contribution in [-0.4, -0.2) is 25.7 Å². The highest BCUT2D eigenvalue weighted by atomic mass is 35.5. The molecule has 4 nitrogen and oxygen atoms in total. The largest absolute Gasteiger partial charge is 0.497 e. The lowest BCUT2D eigenvalue weighted by Gasteiger charge is -2.15. The molecule has 0 bridgehead atoms. The van der Waals surface area contributed by atoms with E-state index in [2.05, 4.69) is 5.32 Å². The molecular formula is C19H22ClNO3. The molecule has 0 saturated carbocycles. The highest BCUT2D eigenvalue weighted by Crippen LogP contribution is 2.18. The van der Waals surface area contributed by atoms with Crippen LogP contribution in [0.3, 0.4) is 0 Å². The molecule has 0 fully saturated rings. The molecule has 0 aliphatic heterocycles. The van der Waals surface area contributed by atoms with Crippen molar-refractivity contribution in [3.63, 3.8) is 0 Å². The van der Waals surface area contributed by atoms with Gasteiger partial charge in [-0.3, -0.25) is 4.79 Å². The van der Waals surface area contributed by atoms with Crippen LogP contribution in [0.5, 0.6) is 11.5 Å². The monoisotopic (exact) mass is 347 g/mol. The van der Waals surface area contributed by atoms with E-state index in [9.17, 15) is 4.79 Å². The fourth-order valence-electron chi connectivity index (χ4n) is 2.25. The maximum Gasteiger partial charge on any atom is 0.260 e. The number of rotatable bonds is 8. The molecule has 2 aromatic rings. The van der Waals surface area contributed by atoms with Gasteiger partial charge in [0.15, 0.2) is 6.10 Å². The smallest absolute Gasteiger partial charge is 0.260 e. The molecule has 0 spiro atoms. The van der Waals surface area contributed by atoms with E-state index in [4.69, 9.17) is 21.1 Å². The van der Waals surface area contributed by atoms with Crippen molar-refractivity contribution < 1.29 is 14.3 Å².